The topological polar surface area (TPSA) is 72.2 Å². The van der Waals surface area contributed by atoms with Gasteiger partial charge in [-0.1, -0.05) is 23.2 Å². The summed E-state index contributed by atoms with van der Waals surface area (Å²) >= 11 is 11.7. The van der Waals surface area contributed by atoms with Gasteiger partial charge in [-0.05, 0) is 48.9 Å². The lowest BCUT2D eigenvalue weighted by Gasteiger charge is -2.11. The van der Waals surface area contributed by atoms with Gasteiger partial charge in [0.2, 0.25) is 0 Å². The van der Waals surface area contributed by atoms with Gasteiger partial charge in [0.25, 0.3) is 10.0 Å². The van der Waals surface area contributed by atoms with Crippen LogP contribution in [0.5, 0.6) is 0 Å². The van der Waals surface area contributed by atoms with Gasteiger partial charge in [0.15, 0.2) is 0 Å². The summed E-state index contributed by atoms with van der Waals surface area (Å²) in [6.45, 7) is 1.79. The first kappa shape index (κ1) is 15.0. The van der Waals surface area contributed by atoms with Crippen molar-refractivity contribution in [1.29, 1.82) is 0 Å². The fraction of sp³-hybridized carbons (Fsp3) is 0.0769. The zero-order valence-corrected chi connectivity index (χ0v) is 12.9. The highest BCUT2D eigenvalue weighted by molar-refractivity contribution is 7.92. The summed E-state index contributed by atoms with van der Waals surface area (Å²) in [6, 6.07) is 9.12. The SMILES string of the molecule is Cc1cc(NS(=O)(=O)c2cc(Cl)ccc2Cl)ccc1N. The normalized spacial score (nSPS) is 11.3. The Bertz CT molecular complexity index is 761. The fourth-order valence-electron chi connectivity index (χ4n) is 1.63. The average Bonchev–Trinajstić information content (AvgIpc) is 2.36. The first-order chi connectivity index (χ1) is 9.29. The molecule has 0 radical (unpaired) electrons. The minimum absolute atomic E-state index is 0.0684. The molecule has 0 aliphatic heterocycles. The van der Waals surface area contributed by atoms with Gasteiger partial charge in [0, 0.05) is 16.4 Å². The quantitative estimate of drug-likeness (QED) is 0.843. The molecule has 0 aliphatic carbocycles. The Morgan fingerprint density at radius 2 is 1.80 bits per heavy atom. The second kappa shape index (κ2) is 5.52. The number of hydrogen-bond acceptors (Lipinski definition) is 3. The van der Waals surface area contributed by atoms with E-state index in [9.17, 15) is 8.42 Å². The number of nitrogens with two attached hydrogens (primary N) is 1. The minimum Gasteiger partial charge on any atom is -0.399 e. The van der Waals surface area contributed by atoms with Gasteiger partial charge in [0.05, 0.1) is 5.02 Å². The van der Waals surface area contributed by atoms with Crippen LogP contribution >= 0.6 is 23.2 Å². The van der Waals surface area contributed by atoms with E-state index in [4.69, 9.17) is 28.9 Å². The van der Waals surface area contributed by atoms with E-state index in [1.807, 2.05) is 0 Å². The standard InChI is InChI=1S/C13H12Cl2N2O2S/c1-8-6-10(3-5-12(8)16)17-20(18,19)13-7-9(14)2-4-11(13)15/h2-7,17H,16H2,1H3. The number of nitrogens with one attached hydrogen (secondary N) is 1. The summed E-state index contributed by atoms with van der Waals surface area (Å²) in [5, 5.41) is 0.400. The van der Waals surface area contributed by atoms with Crippen molar-refractivity contribution in [2.75, 3.05) is 10.5 Å². The maximum absolute atomic E-state index is 12.3. The summed E-state index contributed by atoms with van der Waals surface area (Å²) in [6.07, 6.45) is 0. The van der Waals surface area contributed by atoms with Crippen LogP contribution in [0.4, 0.5) is 11.4 Å². The van der Waals surface area contributed by atoms with E-state index in [1.54, 1.807) is 25.1 Å². The number of sulfonamides is 1. The molecule has 20 heavy (non-hydrogen) atoms. The predicted octanol–water partition coefficient (Wildman–Crippen LogP) is 3.68. The summed E-state index contributed by atoms with van der Waals surface area (Å²) in [7, 11) is -3.80. The molecule has 106 valence electrons. The molecule has 4 nitrogen and oxygen atoms in total. The molecule has 0 fully saturated rings. The number of rotatable bonds is 3. The van der Waals surface area contributed by atoms with Crippen molar-refractivity contribution in [3.8, 4) is 0 Å². The van der Waals surface area contributed by atoms with Gasteiger partial charge in [-0.15, -0.1) is 0 Å². The van der Waals surface area contributed by atoms with Gasteiger partial charge in [-0.3, -0.25) is 4.72 Å². The number of aryl methyl sites for hydroxylation is 1. The van der Waals surface area contributed by atoms with Crippen molar-refractivity contribution in [2.45, 2.75) is 11.8 Å². The molecule has 0 spiro atoms. The molecule has 7 heteroatoms. The van der Waals surface area contributed by atoms with Crippen LogP contribution in [-0.4, -0.2) is 8.42 Å². The van der Waals surface area contributed by atoms with E-state index < -0.39 is 10.0 Å². The van der Waals surface area contributed by atoms with E-state index in [2.05, 4.69) is 4.72 Å². The van der Waals surface area contributed by atoms with Gasteiger partial charge in [-0.2, -0.15) is 0 Å². The molecule has 2 aromatic carbocycles. The second-order valence-corrected chi connectivity index (χ2v) is 6.75. The van der Waals surface area contributed by atoms with Crippen LogP contribution in [0.3, 0.4) is 0 Å². The number of benzene rings is 2. The van der Waals surface area contributed by atoms with E-state index in [-0.39, 0.29) is 9.92 Å². The van der Waals surface area contributed by atoms with Crippen LogP contribution in [0.15, 0.2) is 41.3 Å². The molecular formula is C13H12Cl2N2O2S. The molecule has 2 rings (SSSR count). The van der Waals surface area contributed by atoms with Crippen molar-refractivity contribution in [3.05, 3.63) is 52.0 Å². The lowest BCUT2D eigenvalue weighted by molar-refractivity contribution is 0.601. The van der Waals surface area contributed by atoms with E-state index in [0.29, 0.717) is 16.4 Å². The fourth-order valence-corrected chi connectivity index (χ4v) is 3.45. The Morgan fingerprint density at radius 1 is 1.10 bits per heavy atom. The first-order valence-electron chi connectivity index (χ1n) is 5.63. The molecule has 0 bridgehead atoms. The number of halogens is 2. The summed E-state index contributed by atoms with van der Waals surface area (Å²) in [4.78, 5) is -0.0684. The highest BCUT2D eigenvalue weighted by Gasteiger charge is 2.18. The minimum atomic E-state index is -3.80. The number of nitrogen functional groups attached to an aromatic ring is 1. The van der Waals surface area contributed by atoms with Gasteiger partial charge >= 0.3 is 0 Å². The second-order valence-electron chi connectivity index (χ2n) is 4.25. The highest BCUT2D eigenvalue weighted by atomic mass is 35.5. The average molecular weight is 331 g/mol. The molecule has 0 heterocycles. The van der Waals surface area contributed by atoms with Crippen LogP contribution in [0.1, 0.15) is 5.56 Å². The Kier molecular flexibility index (Phi) is 4.13. The Labute approximate surface area is 127 Å². The van der Waals surface area contributed by atoms with Crippen molar-refractivity contribution < 1.29 is 8.42 Å². The van der Waals surface area contributed by atoms with Crippen molar-refractivity contribution >= 4 is 44.6 Å². The maximum Gasteiger partial charge on any atom is 0.263 e. The number of anilines is 2. The molecule has 0 saturated heterocycles. The zero-order chi connectivity index (χ0) is 14.9. The third-order valence-corrected chi connectivity index (χ3v) is 4.80. The maximum atomic E-state index is 12.3. The molecule has 2 aromatic rings. The molecule has 0 saturated carbocycles. The molecular weight excluding hydrogens is 319 g/mol. The summed E-state index contributed by atoms with van der Waals surface area (Å²) in [5.41, 5.74) is 7.47. The van der Waals surface area contributed by atoms with E-state index in [1.165, 1.54) is 18.2 Å². The van der Waals surface area contributed by atoms with Crippen LogP contribution in [-0.2, 0) is 10.0 Å². The lowest BCUT2D eigenvalue weighted by Crippen LogP contribution is -2.13. The number of hydrogen-bond donors (Lipinski definition) is 2. The van der Waals surface area contributed by atoms with Crippen molar-refractivity contribution in [3.63, 3.8) is 0 Å². The molecule has 3 N–H and O–H groups in total. The van der Waals surface area contributed by atoms with Crippen LogP contribution in [0, 0.1) is 6.92 Å². The third kappa shape index (κ3) is 3.17. The highest BCUT2D eigenvalue weighted by Crippen LogP contribution is 2.27. The van der Waals surface area contributed by atoms with Crippen molar-refractivity contribution in [1.82, 2.24) is 0 Å². The Hall–Kier alpha value is -1.43. The monoisotopic (exact) mass is 330 g/mol. The molecule has 0 unspecified atom stereocenters. The van der Waals surface area contributed by atoms with Crippen LogP contribution < -0.4 is 10.5 Å². The van der Waals surface area contributed by atoms with Gasteiger partial charge < -0.3 is 5.73 Å². The molecule has 0 aromatic heterocycles. The smallest absolute Gasteiger partial charge is 0.263 e. The zero-order valence-electron chi connectivity index (χ0n) is 10.5. The van der Waals surface area contributed by atoms with Crippen LogP contribution in [0.25, 0.3) is 0 Å². The predicted molar refractivity (Wildman–Crippen MR) is 82.9 cm³/mol. The van der Waals surface area contributed by atoms with Gasteiger partial charge in [0.1, 0.15) is 4.90 Å². The van der Waals surface area contributed by atoms with E-state index in [0.717, 1.165) is 5.56 Å². The Morgan fingerprint density at radius 3 is 2.45 bits per heavy atom. The third-order valence-electron chi connectivity index (χ3n) is 2.70. The molecule has 0 amide bonds. The van der Waals surface area contributed by atoms with Crippen LogP contribution in [0.2, 0.25) is 10.0 Å². The first-order valence-corrected chi connectivity index (χ1v) is 7.87. The summed E-state index contributed by atoms with van der Waals surface area (Å²) in [5.74, 6) is 0. The molecule has 0 aliphatic rings. The van der Waals surface area contributed by atoms with Crippen molar-refractivity contribution in [2.24, 2.45) is 0 Å². The van der Waals surface area contributed by atoms with Gasteiger partial charge in [-0.25, -0.2) is 8.42 Å². The Balaban J connectivity index is 2.40. The summed E-state index contributed by atoms with van der Waals surface area (Å²) < 4.78 is 27.0. The molecule has 0 atom stereocenters. The van der Waals surface area contributed by atoms with E-state index >= 15 is 0 Å². The lowest BCUT2D eigenvalue weighted by atomic mass is 10.2. The largest absolute Gasteiger partial charge is 0.399 e.